The molecule has 1 saturated carbocycles. The minimum absolute atomic E-state index is 0.137. The van der Waals surface area contributed by atoms with Crippen LogP contribution in [0.25, 0.3) is 6.08 Å². The van der Waals surface area contributed by atoms with E-state index in [0.29, 0.717) is 5.92 Å². The number of hydrogen-bond donors (Lipinski definition) is 1. The van der Waals surface area contributed by atoms with Crippen molar-refractivity contribution in [3.63, 3.8) is 0 Å². The van der Waals surface area contributed by atoms with E-state index in [2.05, 4.69) is 64.0 Å². The van der Waals surface area contributed by atoms with Crippen molar-refractivity contribution in [1.29, 1.82) is 0 Å². The molecule has 1 heterocycles. The first kappa shape index (κ1) is 17.3. The highest BCUT2D eigenvalue weighted by Crippen LogP contribution is 2.33. The van der Waals surface area contributed by atoms with Crippen LogP contribution in [-0.2, 0) is 0 Å². The second-order valence-corrected chi connectivity index (χ2v) is 8.50. The van der Waals surface area contributed by atoms with Crippen LogP contribution in [0.3, 0.4) is 0 Å². The molecule has 1 N–H and O–H groups in total. The predicted octanol–water partition coefficient (Wildman–Crippen LogP) is 6.16. The molecule has 1 aromatic rings. The molecular weight excluding hydrogens is 394 g/mol. The summed E-state index contributed by atoms with van der Waals surface area (Å²) in [6.45, 7) is 7.58. The van der Waals surface area contributed by atoms with Gasteiger partial charge < -0.3 is 9.73 Å². The lowest BCUT2D eigenvalue weighted by Crippen LogP contribution is -2.38. The number of halogens is 2. The molecule has 1 aliphatic carbocycles. The molecule has 0 aromatic carbocycles. The van der Waals surface area contributed by atoms with Crippen molar-refractivity contribution in [2.45, 2.75) is 58.4 Å². The average molecular weight is 419 g/mol. The molecule has 0 unspecified atom stereocenters. The van der Waals surface area contributed by atoms with Crippen LogP contribution in [-0.4, -0.2) is 12.1 Å². The van der Waals surface area contributed by atoms with E-state index in [1.54, 1.807) is 0 Å². The van der Waals surface area contributed by atoms with Gasteiger partial charge in [0.25, 0.3) is 0 Å². The Balaban J connectivity index is 2.17. The number of rotatable bonds is 4. The molecule has 1 aromatic heterocycles. The second kappa shape index (κ2) is 7.47. The summed E-state index contributed by atoms with van der Waals surface area (Å²) in [6.07, 6.45) is 8.92. The van der Waals surface area contributed by atoms with Gasteiger partial charge in [0.1, 0.15) is 5.76 Å². The summed E-state index contributed by atoms with van der Waals surface area (Å²) in [6, 6.07) is 2.03. The Hall–Kier alpha value is -0.0600. The maximum absolute atomic E-state index is 5.73. The Bertz CT molecular complexity index is 474. The molecule has 2 nitrogen and oxygen atoms in total. The fourth-order valence-corrected chi connectivity index (χ4v) is 3.38. The molecule has 4 heteroatoms. The lowest BCUT2D eigenvalue weighted by Gasteiger charge is -2.28. The van der Waals surface area contributed by atoms with Gasteiger partial charge >= 0.3 is 0 Å². The van der Waals surface area contributed by atoms with Gasteiger partial charge in [-0.2, -0.15) is 0 Å². The summed E-state index contributed by atoms with van der Waals surface area (Å²) >= 11 is 6.90. The Morgan fingerprint density at radius 2 is 1.95 bits per heavy atom. The molecule has 0 amide bonds. The third kappa shape index (κ3) is 5.57. The second-order valence-electron chi connectivity index (χ2n) is 6.93. The molecule has 0 saturated heterocycles. The van der Waals surface area contributed by atoms with E-state index in [9.17, 15) is 0 Å². The Morgan fingerprint density at radius 1 is 1.29 bits per heavy atom. The smallest absolute Gasteiger partial charge is 0.184 e. The zero-order valence-corrected chi connectivity index (χ0v) is 16.3. The van der Waals surface area contributed by atoms with Crippen molar-refractivity contribution >= 4 is 37.9 Å². The maximum Gasteiger partial charge on any atom is 0.184 e. The molecule has 0 atom stereocenters. The maximum atomic E-state index is 5.73. The Morgan fingerprint density at radius 3 is 2.48 bits per heavy atom. The SMILES string of the molecule is CC(C)(C)NCC(=Cc1cc(Br)c(Br)o1)C1CCCCC1. The zero-order valence-electron chi connectivity index (χ0n) is 13.1. The number of hydrogen-bond acceptors (Lipinski definition) is 2. The highest BCUT2D eigenvalue weighted by atomic mass is 79.9. The first-order chi connectivity index (χ1) is 9.85. The van der Waals surface area contributed by atoms with Gasteiger partial charge in [0.15, 0.2) is 4.67 Å². The Labute approximate surface area is 145 Å². The van der Waals surface area contributed by atoms with Crippen molar-refractivity contribution in [1.82, 2.24) is 5.32 Å². The van der Waals surface area contributed by atoms with Crippen molar-refractivity contribution in [3.8, 4) is 0 Å². The highest BCUT2D eigenvalue weighted by molar-refractivity contribution is 9.13. The van der Waals surface area contributed by atoms with Crippen LogP contribution in [0.5, 0.6) is 0 Å². The third-order valence-electron chi connectivity index (χ3n) is 3.94. The van der Waals surface area contributed by atoms with E-state index in [0.717, 1.165) is 21.4 Å². The third-order valence-corrected chi connectivity index (χ3v) is 5.65. The fraction of sp³-hybridized carbons (Fsp3) is 0.647. The van der Waals surface area contributed by atoms with E-state index < -0.39 is 0 Å². The van der Waals surface area contributed by atoms with E-state index in [1.807, 2.05) is 6.07 Å². The lowest BCUT2D eigenvalue weighted by molar-refractivity contribution is 0.377. The lowest BCUT2D eigenvalue weighted by atomic mass is 9.83. The molecule has 2 rings (SSSR count). The van der Waals surface area contributed by atoms with Crippen LogP contribution < -0.4 is 5.32 Å². The summed E-state index contributed by atoms with van der Waals surface area (Å²) in [5, 5.41) is 3.63. The van der Waals surface area contributed by atoms with Crippen LogP contribution in [0.1, 0.15) is 58.6 Å². The topological polar surface area (TPSA) is 25.2 Å². The largest absolute Gasteiger partial charge is 0.449 e. The van der Waals surface area contributed by atoms with Gasteiger partial charge in [-0.3, -0.25) is 0 Å². The minimum atomic E-state index is 0.137. The van der Waals surface area contributed by atoms with Gasteiger partial charge in [-0.05, 0) is 89.1 Å². The normalized spacial score (nSPS) is 18.2. The Kier molecular flexibility index (Phi) is 6.15. The molecule has 0 spiro atoms. The van der Waals surface area contributed by atoms with Crippen LogP contribution in [0, 0.1) is 5.92 Å². The van der Waals surface area contributed by atoms with Gasteiger partial charge in [-0.25, -0.2) is 0 Å². The zero-order chi connectivity index (χ0) is 15.5. The first-order valence-electron chi connectivity index (χ1n) is 7.75. The van der Waals surface area contributed by atoms with E-state index in [4.69, 9.17) is 4.42 Å². The molecule has 0 aliphatic heterocycles. The molecular formula is C17H25Br2NO. The van der Waals surface area contributed by atoms with E-state index in [1.165, 1.54) is 37.7 Å². The summed E-state index contributed by atoms with van der Waals surface area (Å²) in [5.41, 5.74) is 1.61. The number of furan rings is 1. The molecule has 0 bridgehead atoms. The molecule has 21 heavy (non-hydrogen) atoms. The standard InChI is InChI=1S/C17H25Br2NO/c1-17(2,3)20-11-13(12-7-5-4-6-8-12)9-14-10-15(18)16(19)21-14/h9-10,12,20H,4-8,11H2,1-3H3. The van der Waals surface area contributed by atoms with Gasteiger partial charge in [0.2, 0.25) is 0 Å². The molecule has 118 valence electrons. The van der Waals surface area contributed by atoms with Crippen molar-refractivity contribution in [3.05, 3.63) is 26.5 Å². The predicted molar refractivity (Wildman–Crippen MR) is 96.4 cm³/mol. The van der Waals surface area contributed by atoms with E-state index >= 15 is 0 Å². The van der Waals surface area contributed by atoms with Crippen molar-refractivity contribution in [2.75, 3.05) is 6.54 Å². The van der Waals surface area contributed by atoms with Crippen LogP contribution in [0.4, 0.5) is 0 Å². The summed E-state index contributed by atoms with van der Waals surface area (Å²) in [7, 11) is 0. The van der Waals surface area contributed by atoms with Gasteiger partial charge in [-0.15, -0.1) is 0 Å². The van der Waals surface area contributed by atoms with Gasteiger partial charge in [-0.1, -0.05) is 19.3 Å². The van der Waals surface area contributed by atoms with Crippen LogP contribution >= 0.6 is 31.9 Å². The summed E-state index contributed by atoms with van der Waals surface area (Å²) in [5.74, 6) is 1.61. The van der Waals surface area contributed by atoms with Crippen LogP contribution in [0.15, 0.2) is 25.2 Å². The van der Waals surface area contributed by atoms with Crippen LogP contribution in [0.2, 0.25) is 0 Å². The first-order valence-corrected chi connectivity index (χ1v) is 9.34. The summed E-state index contributed by atoms with van der Waals surface area (Å²) < 4.78 is 7.47. The molecule has 0 radical (unpaired) electrons. The minimum Gasteiger partial charge on any atom is -0.449 e. The molecule has 1 fully saturated rings. The fourth-order valence-electron chi connectivity index (χ4n) is 2.77. The van der Waals surface area contributed by atoms with Crippen molar-refractivity contribution in [2.24, 2.45) is 5.92 Å². The highest BCUT2D eigenvalue weighted by Gasteiger charge is 2.20. The number of nitrogens with one attached hydrogen (secondary N) is 1. The van der Waals surface area contributed by atoms with Crippen molar-refractivity contribution < 1.29 is 4.42 Å². The monoisotopic (exact) mass is 417 g/mol. The average Bonchev–Trinajstić information content (AvgIpc) is 2.73. The quantitative estimate of drug-likeness (QED) is 0.633. The summed E-state index contributed by atoms with van der Waals surface area (Å²) in [4.78, 5) is 0. The van der Waals surface area contributed by atoms with E-state index in [-0.39, 0.29) is 5.54 Å². The van der Waals surface area contributed by atoms with Gasteiger partial charge in [0, 0.05) is 12.1 Å². The molecule has 1 aliphatic rings. The van der Waals surface area contributed by atoms with Gasteiger partial charge in [0.05, 0.1) is 4.47 Å².